The highest BCUT2D eigenvalue weighted by Gasteiger charge is 2.26. The largest absolute Gasteiger partial charge is 0.366 e. The van der Waals surface area contributed by atoms with Gasteiger partial charge in [-0.25, -0.2) is 8.42 Å². The molecule has 0 amide bonds. The van der Waals surface area contributed by atoms with Crippen LogP contribution in [0.2, 0.25) is 0 Å². The molecule has 116 valence electrons. The number of hydrogen-bond acceptors (Lipinski definition) is 5. The maximum atomic E-state index is 11.6. The average molecular weight is 312 g/mol. The number of benzene rings is 1. The van der Waals surface area contributed by atoms with Gasteiger partial charge >= 0.3 is 0 Å². The topological polar surface area (TPSA) is 80.5 Å². The molecule has 1 saturated heterocycles. The Labute approximate surface area is 124 Å². The molecule has 2 rings (SSSR count). The average Bonchev–Trinajstić information content (AvgIpc) is 2.45. The van der Waals surface area contributed by atoms with Gasteiger partial charge in [-0.15, -0.1) is 0 Å². The van der Waals surface area contributed by atoms with Gasteiger partial charge in [-0.1, -0.05) is 13.3 Å². The third kappa shape index (κ3) is 3.53. The second-order valence-electron chi connectivity index (χ2n) is 5.54. The van der Waals surface area contributed by atoms with Crippen molar-refractivity contribution in [3.8, 4) is 0 Å². The molecule has 0 radical (unpaired) electrons. The van der Waals surface area contributed by atoms with E-state index in [1.54, 1.807) is 6.07 Å². The molecule has 0 unspecified atom stereocenters. The summed E-state index contributed by atoms with van der Waals surface area (Å²) in [5.74, 6) is 0.535. The van der Waals surface area contributed by atoms with E-state index >= 15 is 0 Å². The monoisotopic (exact) mass is 312 g/mol. The normalized spacial score (nSPS) is 19.5. The fourth-order valence-electron chi connectivity index (χ4n) is 2.76. The highest BCUT2D eigenvalue weighted by Crippen LogP contribution is 2.34. The summed E-state index contributed by atoms with van der Waals surface area (Å²) in [6.45, 7) is 3.68. The van der Waals surface area contributed by atoms with E-state index in [1.807, 2.05) is 4.90 Å². The molecule has 1 atom stereocenters. The lowest BCUT2D eigenvalue weighted by atomic mass is 9.95. The molecule has 1 fully saturated rings. The molecule has 0 bridgehead atoms. The van der Waals surface area contributed by atoms with E-state index in [4.69, 9.17) is 0 Å². The Morgan fingerprint density at radius 1 is 1.43 bits per heavy atom. The van der Waals surface area contributed by atoms with Gasteiger partial charge in [0, 0.05) is 25.4 Å². The van der Waals surface area contributed by atoms with Crippen molar-refractivity contribution in [1.29, 1.82) is 0 Å². The van der Waals surface area contributed by atoms with Gasteiger partial charge in [-0.05, 0) is 30.9 Å². The minimum atomic E-state index is -3.44. The number of hydrogen-bond donors (Lipinski definition) is 0. The zero-order valence-electron chi connectivity index (χ0n) is 12.3. The van der Waals surface area contributed by atoms with Gasteiger partial charge in [-0.3, -0.25) is 10.1 Å². The fraction of sp³-hybridized carbons (Fsp3) is 0.571. The van der Waals surface area contributed by atoms with E-state index in [1.165, 1.54) is 12.1 Å². The summed E-state index contributed by atoms with van der Waals surface area (Å²) in [7, 11) is -3.44. The zero-order valence-corrected chi connectivity index (χ0v) is 13.1. The van der Waals surface area contributed by atoms with Crippen LogP contribution in [0.3, 0.4) is 0 Å². The van der Waals surface area contributed by atoms with Crippen LogP contribution in [0.4, 0.5) is 11.4 Å². The van der Waals surface area contributed by atoms with E-state index in [0.717, 1.165) is 38.6 Å². The van der Waals surface area contributed by atoms with Crippen LogP contribution in [0.15, 0.2) is 23.1 Å². The summed E-state index contributed by atoms with van der Waals surface area (Å²) in [5.41, 5.74) is 0.389. The van der Waals surface area contributed by atoms with Gasteiger partial charge in [0.25, 0.3) is 5.69 Å². The second-order valence-corrected chi connectivity index (χ2v) is 7.56. The number of anilines is 1. The molecule has 0 spiro atoms. The summed E-state index contributed by atoms with van der Waals surface area (Å²) in [6, 6.07) is 4.18. The van der Waals surface area contributed by atoms with Crippen molar-refractivity contribution in [1.82, 2.24) is 0 Å². The first-order valence-electron chi connectivity index (χ1n) is 7.06. The third-order valence-corrected chi connectivity index (χ3v) is 5.12. The lowest BCUT2D eigenvalue weighted by Gasteiger charge is -2.33. The van der Waals surface area contributed by atoms with Gasteiger partial charge in [0.15, 0.2) is 9.84 Å². The summed E-state index contributed by atoms with van der Waals surface area (Å²) in [5, 5.41) is 11.3. The van der Waals surface area contributed by atoms with E-state index < -0.39 is 14.8 Å². The summed E-state index contributed by atoms with van der Waals surface area (Å²) in [6.07, 6.45) is 4.25. The summed E-state index contributed by atoms with van der Waals surface area (Å²) < 4.78 is 23.1. The standard InChI is InChI=1S/C14H20N2O4S/c1-3-11-5-4-8-15(10-11)13-7-6-12(21(2,19)20)9-14(13)16(17)18/h6-7,9,11H,3-5,8,10H2,1-2H3/t11-/m1/s1. The molecule has 1 aliphatic rings. The van der Waals surface area contributed by atoms with E-state index in [0.29, 0.717) is 11.6 Å². The van der Waals surface area contributed by atoms with Crippen LogP contribution in [0.5, 0.6) is 0 Å². The Kier molecular flexibility index (Phi) is 4.51. The van der Waals surface area contributed by atoms with Crippen molar-refractivity contribution in [3.63, 3.8) is 0 Å². The first kappa shape index (κ1) is 15.8. The molecule has 1 aromatic rings. The van der Waals surface area contributed by atoms with Crippen molar-refractivity contribution in [2.24, 2.45) is 5.92 Å². The van der Waals surface area contributed by atoms with Crippen LogP contribution < -0.4 is 4.90 Å². The summed E-state index contributed by atoms with van der Waals surface area (Å²) in [4.78, 5) is 12.8. The number of nitro benzene ring substituents is 1. The maximum absolute atomic E-state index is 11.6. The van der Waals surface area contributed by atoms with Crippen molar-refractivity contribution < 1.29 is 13.3 Å². The van der Waals surface area contributed by atoms with Crippen LogP contribution in [-0.2, 0) is 9.84 Å². The van der Waals surface area contributed by atoms with Crippen LogP contribution in [0, 0.1) is 16.0 Å². The van der Waals surface area contributed by atoms with E-state index in [9.17, 15) is 18.5 Å². The van der Waals surface area contributed by atoms with Gasteiger partial charge in [0.05, 0.1) is 9.82 Å². The first-order valence-corrected chi connectivity index (χ1v) is 8.95. The Balaban J connectivity index is 2.41. The fourth-order valence-corrected chi connectivity index (χ4v) is 3.41. The lowest BCUT2D eigenvalue weighted by molar-refractivity contribution is -0.384. The van der Waals surface area contributed by atoms with Crippen molar-refractivity contribution in [3.05, 3.63) is 28.3 Å². The zero-order chi connectivity index (χ0) is 15.6. The van der Waals surface area contributed by atoms with Crippen LogP contribution >= 0.6 is 0 Å². The predicted octanol–water partition coefficient (Wildman–Crippen LogP) is 2.62. The quantitative estimate of drug-likeness (QED) is 0.630. The van der Waals surface area contributed by atoms with Gasteiger partial charge in [0.1, 0.15) is 5.69 Å². The molecular formula is C14H20N2O4S. The van der Waals surface area contributed by atoms with Gasteiger partial charge in [-0.2, -0.15) is 0 Å². The van der Waals surface area contributed by atoms with Crippen LogP contribution in [0.25, 0.3) is 0 Å². The molecule has 6 nitrogen and oxygen atoms in total. The Morgan fingerprint density at radius 3 is 2.71 bits per heavy atom. The number of nitro groups is 1. The minimum absolute atomic E-state index is 0.0120. The predicted molar refractivity (Wildman–Crippen MR) is 81.4 cm³/mol. The SMILES string of the molecule is CC[C@@H]1CCCN(c2ccc(S(C)(=O)=O)cc2[N+](=O)[O-])C1. The maximum Gasteiger partial charge on any atom is 0.293 e. The number of sulfone groups is 1. The number of piperidine rings is 1. The van der Waals surface area contributed by atoms with E-state index in [2.05, 4.69) is 6.92 Å². The number of nitrogens with zero attached hydrogens (tertiary/aromatic N) is 2. The van der Waals surface area contributed by atoms with E-state index in [-0.39, 0.29) is 10.6 Å². The molecule has 0 aliphatic carbocycles. The molecule has 1 aliphatic heterocycles. The van der Waals surface area contributed by atoms with Gasteiger partial charge in [0.2, 0.25) is 0 Å². The van der Waals surface area contributed by atoms with Gasteiger partial charge < -0.3 is 4.90 Å². The molecule has 1 aromatic carbocycles. The highest BCUT2D eigenvalue weighted by atomic mass is 32.2. The lowest BCUT2D eigenvalue weighted by Crippen LogP contribution is -2.35. The third-order valence-electron chi connectivity index (χ3n) is 4.01. The first-order chi connectivity index (χ1) is 9.82. The molecule has 0 N–H and O–H groups in total. The Morgan fingerprint density at radius 2 is 2.14 bits per heavy atom. The molecule has 0 saturated carbocycles. The van der Waals surface area contributed by atoms with Crippen molar-refractivity contribution in [2.45, 2.75) is 31.1 Å². The van der Waals surface area contributed by atoms with Crippen LogP contribution in [0.1, 0.15) is 26.2 Å². The Bertz CT molecular complexity index is 642. The van der Waals surface area contributed by atoms with Crippen molar-refractivity contribution in [2.75, 3.05) is 24.2 Å². The van der Waals surface area contributed by atoms with Crippen LogP contribution in [-0.4, -0.2) is 32.7 Å². The molecule has 1 heterocycles. The molecule has 21 heavy (non-hydrogen) atoms. The minimum Gasteiger partial charge on any atom is -0.366 e. The highest BCUT2D eigenvalue weighted by molar-refractivity contribution is 7.90. The number of rotatable bonds is 4. The smallest absolute Gasteiger partial charge is 0.293 e. The second kappa shape index (κ2) is 6.01. The Hall–Kier alpha value is -1.63. The molecule has 7 heteroatoms. The summed E-state index contributed by atoms with van der Waals surface area (Å²) >= 11 is 0. The molecular weight excluding hydrogens is 292 g/mol. The van der Waals surface area contributed by atoms with Crippen molar-refractivity contribution >= 4 is 21.2 Å². The molecule has 0 aromatic heterocycles.